The molecule has 0 saturated heterocycles. The average molecular weight is 287 g/mol. The van der Waals surface area contributed by atoms with Crippen LogP contribution in [-0.2, 0) is 10.4 Å². The van der Waals surface area contributed by atoms with E-state index in [0.29, 0.717) is 22.1 Å². The number of carbonyl (C=O) groups is 1. The fourth-order valence-electron chi connectivity index (χ4n) is 2.41. The Morgan fingerprint density at radius 3 is 2.89 bits per heavy atom. The molecule has 0 fully saturated rings. The van der Waals surface area contributed by atoms with E-state index in [2.05, 4.69) is 0 Å². The number of halogens is 1. The van der Waals surface area contributed by atoms with Crippen molar-refractivity contribution in [2.75, 3.05) is 7.11 Å². The third-order valence-electron chi connectivity index (χ3n) is 3.15. The van der Waals surface area contributed by atoms with Crippen LogP contribution in [0.15, 0.2) is 12.1 Å². The second-order valence-corrected chi connectivity index (χ2v) is 5.12. The van der Waals surface area contributed by atoms with Gasteiger partial charge in [-0.1, -0.05) is 11.6 Å². The van der Waals surface area contributed by atoms with Gasteiger partial charge >= 0.3 is 5.97 Å². The first kappa shape index (κ1) is 14.0. The van der Waals surface area contributed by atoms with E-state index in [-0.39, 0.29) is 12.5 Å². The average Bonchev–Trinajstić information content (AvgIpc) is 2.28. The summed E-state index contributed by atoms with van der Waals surface area (Å²) >= 11 is 6.02. The first-order valence-corrected chi connectivity index (χ1v) is 6.22. The van der Waals surface area contributed by atoms with Crippen LogP contribution in [0.2, 0.25) is 5.02 Å². The molecule has 1 heterocycles. The maximum atomic E-state index is 10.9. The Morgan fingerprint density at radius 1 is 1.63 bits per heavy atom. The summed E-state index contributed by atoms with van der Waals surface area (Å²) < 4.78 is 10.7. The zero-order valence-corrected chi connectivity index (χ0v) is 11.4. The molecule has 1 aromatic rings. The Bertz CT molecular complexity index is 516. The Morgan fingerprint density at radius 2 is 2.32 bits per heavy atom. The number of hydrogen-bond acceptors (Lipinski definition) is 4. The Labute approximate surface area is 115 Å². The van der Waals surface area contributed by atoms with Gasteiger partial charge in [-0.2, -0.15) is 0 Å². The fourth-order valence-corrected chi connectivity index (χ4v) is 2.65. The summed E-state index contributed by atoms with van der Waals surface area (Å²) in [7, 11) is 1.48. The van der Waals surface area contributed by atoms with Crippen LogP contribution >= 0.6 is 11.6 Å². The molecule has 1 aliphatic heterocycles. The molecule has 0 aliphatic carbocycles. The number of carboxylic acid groups (broad SMARTS) is 1. The minimum atomic E-state index is -1.48. The van der Waals surface area contributed by atoms with Gasteiger partial charge in [-0.05, 0) is 13.0 Å². The van der Waals surface area contributed by atoms with Crippen molar-refractivity contribution in [2.24, 2.45) is 0 Å². The number of hydrogen-bond donors (Lipinski definition) is 2. The van der Waals surface area contributed by atoms with Gasteiger partial charge in [0.15, 0.2) is 0 Å². The van der Waals surface area contributed by atoms with Crippen molar-refractivity contribution in [2.45, 2.75) is 31.5 Å². The number of rotatable bonds is 3. The zero-order chi connectivity index (χ0) is 14.2. The van der Waals surface area contributed by atoms with Crippen LogP contribution in [0.5, 0.6) is 11.5 Å². The standard InChI is InChI=1S/C13H15ClO5/c1-7-5-13(17,6-12(15)16)8-3-9(14)11(18-2)4-10(8)19-7/h3-4,7,17H,5-6H2,1-2H3,(H,15,16)/t7-,13-/m1/s1. The molecule has 0 bridgehead atoms. The first-order valence-electron chi connectivity index (χ1n) is 5.84. The molecule has 6 heteroatoms. The molecular weight excluding hydrogens is 272 g/mol. The summed E-state index contributed by atoms with van der Waals surface area (Å²) in [5, 5.41) is 19.9. The highest BCUT2D eigenvalue weighted by molar-refractivity contribution is 6.32. The van der Waals surface area contributed by atoms with Crippen molar-refractivity contribution in [3.63, 3.8) is 0 Å². The first-order chi connectivity index (χ1) is 8.85. The molecule has 2 N–H and O–H groups in total. The topological polar surface area (TPSA) is 76.0 Å². The van der Waals surface area contributed by atoms with Crippen LogP contribution in [0.4, 0.5) is 0 Å². The van der Waals surface area contributed by atoms with Crippen LogP contribution in [0.1, 0.15) is 25.3 Å². The van der Waals surface area contributed by atoms with E-state index in [4.69, 9.17) is 26.2 Å². The molecule has 1 aliphatic rings. The summed E-state index contributed by atoms with van der Waals surface area (Å²) in [6, 6.07) is 3.07. The lowest BCUT2D eigenvalue weighted by Gasteiger charge is -2.37. The molecule has 0 radical (unpaired) electrons. The maximum absolute atomic E-state index is 10.9. The third-order valence-corrected chi connectivity index (χ3v) is 3.45. The van der Waals surface area contributed by atoms with Gasteiger partial charge in [0.1, 0.15) is 17.1 Å². The largest absolute Gasteiger partial charge is 0.495 e. The number of ether oxygens (including phenoxy) is 2. The zero-order valence-electron chi connectivity index (χ0n) is 10.6. The van der Waals surface area contributed by atoms with Crippen molar-refractivity contribution in [1.82, 2.24) is 0 Å². The molecule has 2 rings (SSSR count). The van der Waals surface area contributed by atoms with Gasteiger partial charge in [0.05, 0.1) is 24.7 Å². The molecular formula is C13H15ClO5. The minimum Gasteiger partial charge on any atom is -0.495 e. The molecule has 0 spiro atoms. The van der Waals surface area contributed by atoms with Crippen LogP contribution in [-0.4, -0.2) is 29.4 Å². The minimum absolute atomic E-state index is 0.203. The number of fused-ring (bicyclic) bond motifs is 1. The van der Waals surface area contributed by atoms with Crippen molar-refractivity contribution in [3.05, 3.63) is 22.7 Å². The van der Waals surface area contributed by atoms with Gasteiger partial charge in [0, 0.05) is 18.1 Å². The highest BCUT2D eigenvalue weighted by Crippen LogP contribution is 2.45. The van der Waals surface area contributed by atoms with Crippen LogP contribution in [0.25, 0.3) is 0 Å². The van der Waals surface area contributed by atoms with E-state index in [1.807, 2.05) is 0 Å². The second kappa shape index (κ2) is 4.90. The highest BCUT2D eigenvalue weighted by atomic mass is 35.5. The summed E-state index contributed by atoms with van der Waals surface area (Å²) in [5.41, 5.74) is -1.09. The summed E-state index contributed by atoms with van der Waals surface area (Å²) in [6.07, 6.45) is -0.478. The molecule has 1 aromatic carbocycles. The summed E-state index contributed by atoms with van der Waals surface area (Å²) in [4.78, 5) is 10.9. The SMILES string of the molecule is COc1cc2c(cc1Cl)[C@](O)(CC(=O)O)C[C@@H](C)O2. The van der Waals surface area contributed by atoms with E-state index >= 15 is 0 Å². The molecule has 0 saturated carbocycles. The number of methoxy groups -OCH3 is 1. The van der Waals surface area contributed by atoms with Crippen LogP contribution < -0.4 is 9.47 Å². The predicted octanol–water partition coefficient (Wildman–Crippen LogP) is 2.18. The van der Waals surface area contributed by atoms with Gasteiger partial charge < -0.3 is 19.7 Å². The van der Waals surface area contributed by atoms with E-state index in [9.17, 15) is 9.90 Å². The van der Waals surface area contributed by atoms with Crippen LogP contribution in [0, 0.1) is 0 Å². The van der Waals surface area contributed by atoms with Gasteiger partial charge in [-0.15, -0.1) is 0 Å². The van der Waals surface area contributed by atoms with Crippen molar-refractivity contribution < 1.29 is 24.5 Å². The number of aliphatic hydroxyl groups is 1. The van der Waals surface area contributed by atoms with E-state index in [0.717, 1.165) is 0 Å². The van der Waals surface area contributed by atoms with Gasteiger partial charge in [-0.3, -0.25) is 4.79 Å². The van der Waals surface area contributed by atoms with E-state index < -0.39 is 18.0 Å². The van der Waals surface area contributed by atoms with Crippen molar-refractivity contribution >= 4 is 17.6 Å². The van der Waals surface area contributed by atoms with Gasteiger partial charge in [0.2, 0.25) is 0 Å². The summed E-state index contributed by atoms with van der Waals surface area (Å²) in [6.45, 7) is 1.77. The Hall–Kier alpha value is -1.46. The normalized spacial score (nSPS) is 25.4. The molecule has 19 heavy (non-hydrogen) atoms. The Kier molecular flexibility index (Phi) is 3.60. The smallest absolute Gasteiger partial charge is 0.306 e. The van der Waals surface area contributed by atoms with Crippen molar-refractivity contribution in [1.29, 1.82) is 0 Å². The molecule has 5 nitrogen and oxygen atoms in total. The maximum Gasteiger partial charge on any atom is 0.306 e. The lowest BCUT2D eigenvalue weighted by molar-refractivity contribution is -0.145. The Balaban J connectivity index is 2.53. The van der Waals surface area contributed by atoms with E-state index in [1.165, 1.54) is 13.2 Å². The number of benzene rings is 1. The second-order valence-electron chi connectivity index (χ2n) is 4.72. The fraction of sp³-hybridized carbons (Fsp3) is 0.462. The molecule has 0 unspecified atom stereocenters. The van der Waals surface area contributed by atoms with E-state index in [1.54, 1.807) is 13.0 Å². The lowest BCUT2D eigenvalue weighted by Crippen LogP contribution is -2.38. The lowest BCUT2D eigenvalue weighted by atomic mass is 9.83. The predicted molar refractivity (Wildman–Crippen MR) is 68.9 cm³/mol. The van der Waals surface area contributed by atoms with Crippen LogP contribution in [0.3, 0.4) is 0 Å². The molecule has 104 valence electrons. The summed E-state index contributed by atoms with van der Waals surface area (Å²) in [5.74, 6) is -0.245. The monoisotopic (exact) mass is 286 g/mol. The molecule has 2 atom stereocenters. The third kappa shape index (κ3) is 2.62. The molecule has 0 aromatic heterocycles. The molecule has 0 amide bonds. The van der Waals surface area contributed by atoms with Crippen molar-refractivity contribution in [3.8, 4) is 11.5 Å². The number of aliphatic carboxylic acids is 1. The number of carboxylic acids is 1. The van der Waals surface area contributed by atoms with Gasteiger partial charge in [0.25, 0.3) is 0 Å². The highest BCUT2D eigenvalue weighted by Gasteiger charge is 2.41. The van der Waals surface area contributed by atoms with Gasteiger partial charge in [-0.25, -0.2) is 0 Å². The quantitative estimate of drug-likeness (QED) is 0.891.